The van der Waals surface area contributed by atoms with Crippen molar-refractivity contribution in [2.45, 2.75) is 37.9 Å². The van der Waals surface area contributed by atoms with Crippen LogP contribution < -0.4 is 10.5 Å². The molecule has 0 saturated heterocycles. The van der Waals surface area contributed by atoms with Gasteiger partial charge in [-0.25, -0.2) is 13.1 Å². The quantitative estimate of drug-likeness (QED) is 0.787. The number of nitrogens with one attached hydrogen (secondary N) is 1. The van der Waals surface area contributed by atoms with Crippen LogP contribution in [0, 0.1) is 0 Å². The third kappa shape index (κ3) is 4.63. The molecule has 8 heteroatoms. The lowest BCUT2D eigenvalue weighted by atomic mass is 10.3. The Kier molecular flexibility index (Phi) is 6.69. The van der Waals surface area contributed by atoms with Crippen LogP contribution in [0.4, 0.5) is 0 Å². The van der Waals surface area contributed by atoms with Gasteiger partial charge in [-0.2, -0.15) is 5.10 Å². The highest BCUT2D eigenvalue weighted by atomic mass is 35.5. The molecule has 1 unspecified atom stereocenters. The molecule has 0 aromatic carbocycles. The first-order chi connectivity index (χ1) is 7.47. The molecule has 1 atom stereocenters. The van der Waals surface area contributed by atoms with E-state index >= 15 is 0 Å². The molecule has 0 aliphatic heterocycles. The maximum atomic E-state index is 11.8. The summed E-state index contributed by atoms with van der Waals surface area (Å²) in [5.74, 6) is 0. The molecule has 0 aliphatic carbocycles. The standard InChI is InChI=1S/C9H18N4O2S.ClH/c1-3-13-9(5-6-11-13)16(14,15)12-7-4-8(2)10;/h5-6,8,12H,3-4,7,10H2,1-2H3;1H. The number of nitrogens with zero attached hydrogens (tertiary/aromatic N) is 2. The predicted octanol–water partition coefficient (Wildman–Crippen LogP) is 0.340. The highest BCUT2D eigenvalue weighted by Crippen LogP contribution is 2.07. The second-order valence-electron chi connectivity index (χ2n) is 3.65. The van der Waals surface area contributed by atoms with E-state index in [0.29, 0.717) is 19.5 Å². The number of aromatic nitrogens is 2. The molecule has 0 saturated carbocycles. The fraction of sp³-hybridized carbons (Fsp3) is 0.667. The zero-order chi connectivity index (χ0) is 12.2. The van der Waals surface area contributed by atoms with Crippen LogP contribution in [0.15, 0.2) is 17.3 Å². The van der Waals surface area contributed by atoms with Gasteiger partial charge in [-0.3, -0.25) is 4.68 Å². The number of sulfonamides is 1. The second-order valence-corrected chi connectivity index (χ2v) is 5.36. The van der Waals surface area contributed by atoms with Crippen LogP contribution in [0.1, 0.15) is 20.3 Å². The number of hydrogen-bond donors (Lipinski definition) is 2. The molecule has 3 N–H and O–H groups in total. The fourth-order valence-corrected chi connectivity index (χ4v) is 2.51. The molecule has 0 fully saturated rings. The predicted molar refractivity (Wildman–Crippen MR) is 68.6 cm³/mol. The van der Waals surface area contributed by atoms with E-state index in [9.17, 15) is 8.42 Å². The van der Waals surface area contributed by atoms with E-state index in [4.69, 9.17) is 5.73 Å². The van der Waals surface area contributed by atoms with Crippen molar-refractivity contribution in [1.29, 1.82) is 0 Å². The Hall–Kier alpha value is -0.630. The van der Waals surface area contributed by atoms with Gasteiger partial charge in [0.05, 0.1) is 6.20 Å². The smallest absolute Gasteiger partial charge is 0.257 e. The van der Waals surface area contributed by atoms with Crippen LogP contribution >= 0.6 is 12.4 Å². The Morgan fingerprint density at radius 3 is 2.76 bits per heavy atom. The molecule has 1 aromatic rings. The van der Waals surface area contributed by atoms with E-state index in [1.807, 2.05) is 13.8 Å². The summed E-state index contributed by atoms with van der Waals surface area (Å²) in [6.07, 6.45) is 2.09. The average molecular weight is 283 g/mol. The van der Waals surface area contributed by atoms with E-state index in [0.717, 1.165) is 0 Å². The van der Waals surface area contributed by atoms with Gasteiger partial charge >= 0.3 is 0 Å². The van der Waals surface area contributed by atoms with Gasteiger partial charge in [-0.15, -0.1) is 12.4 Å². The third-order valence-electron chi connectivity index (χ3n) is 2.14. The van der Waals surface area contributed by atoms with Crippen molar-refractivity contribution in [3.05, 3.63) is 12.3 Å². The summed E-state index contributed by atoms with van der Waals surface area (Å²) in [6, 6.07) is 1.47. The van der Waals surface area contributed by atoms with Gasteiger partial charge in [0, 0.05) is 19.1 Å². The number of rotatable bonds is 6. The number of halogens is 1. The van der Waals surface area contributed by atoms with Gasteiger partial charge in [0.1, 0.15) is 0 Å². The summed E-state index contributed by atoms with van der Waals surface area (Å²) in [5.41, 5.74) is 5.54. The molecule has 17 heavy (non-hydrogen) atoms. The summed E-state index contributed by atoms with van der Waals surface area (Å²) in [6.45, 7) is 4.55. The Morgan fingerprint density at radius 2 is 2.24 bits per heavy atom. The monoisotopic (exact) mass is 282 g/mol. The van der Waals surface area contributed by atoms with Gasteiger partial charge < -0.3 is 5.73 Å². The van der Waals surface area contributed by atoms with Crippen LogP contribution in [-0.2, 0) is 16.6 Å². The average Bonchev–Trinajstić information content (AvgIpc) is 2.64. The SMILES string of the molecule is CCn1nccc1S(=O)(=O)NCCC(C)N.Cl. The number of hydrogen-bond acceptors (Lipinski definition) is 4. The molecular weight excluding hydrogens is 264 g/mol. The van der Waals surface area contributed by atoms with Crippen molar-refractivity contribution in [3.63, 3.8) is 0 Å². The Bertz CT molecular complexity index is 430. The van der Waals surface area contributed by atoms with E-state index in [1.165, 1.54) is 16.9 Å². The van der Waals surface area contributed by atoms with Crippen molar-refractivity contribution < 1.29 is 8.42 Å². The molecule has 6 nitrogen and oxygen atoms in total. The zero-order valence-corrected chi connectivity index (χ0v) is 11.6. The summed E-state index contributed by atoms with van der Waals surface area (Å²) in [7, 11) is -3.46. The Labute approximate surface area is 108 Å². The van der Waals surface area contributed by atoms with E-state index in [1.54, 1.807) is 0 Å². The van der Waals surface area contributed by atoms with Gasteiger partial charge in [-0.05, 0) is 26.3 Å². The second kappa shape index (κ2) is 6.95. The highest BCUT2D eigenvalue weighted by Gasteiger charge is 2.17. The summed E-state index contributed by atoms with van der Waals surface area (Å²) in [5, 5.41) is 4.11. The lowest BCUT2D eigenvalue weighted by molar-refractivity contribution is 0.539. The van der Waals surface area contributed by atoms with Gasteiger partial charge in [-0.1, -0.05) is 0 Å². The molecule has 1 rings (SSSR count). The largest absolute Gasteiger partial charge is 0.328 e. The summed E-state index contributed by atoms with van der Waals surface area (Å²) >= 11 is 0. The molecular formula is C9H19ClN4O2S. The first-order valence-electron chi connectivity index (χ1n) is 5.24. The van der Waals surface area contributed by atoms with Crippen LogP contribution in [0.25, 0.3) is 0 Å². The molecule has 0 amide bonds. The summed E-state index contributed by atoms with van der Waals surface area (Å²) in [4.78, 5) is 0. The molecule has 0 radical (unpaired) electrons. The van der Waals surface area contributed by atoms with E-state index in [2.05, 4.69) is 9.82 Å². The first kappa shape index (κ1) is 16.4. The normalized spacial score (nSPS) is 13.1. The maximum Gasteiger partial charge on any atom is 0.257 e. The van der Waals surface area contributed by atoms with Crippen molar-refractivity contribution in [1.82, 2.24) is 14.5 Å². The van der Waals surface area contributed by atoms with Crippen LogP contribution in [0.5, 0.6) is 0 Å². The minimum Gasteiger partial charge on any atom is -0.328 e. The number of nitrogens with two attached hydrogens (primary N) is 1. The minimum atomic E-state index is -3.46. The number of aryl methyl sites for hydroxylation is 1. The minimum absolute atomic E-state index is 0. The van der Waals surface area contributed by atoms with E-state index in [-0.39, 0.29) is 23.5 Å². The van der Waals surface area contributed by atoms with Crippen molar-refractivity contribution in [2.75, 3.05) is 6.54 Å². The molecule has 0 aliphatic rings. The van der Waals surface area contributed by atoms with Gasteiger partial charge in [0.2, 0.25) is 0 Å². The lowest BCUT2D eigenvalue weighted by Crippen LogP contribution is -2.30. The van der Waals surface area contributed by atoms with Crippen LogP contribution in [-0.4, -0.2) is 30.8 Å². The fourth-order valence-electron chi connectivity index (χ4n) is 1.28. The topological polar surface area (TPSA) is 90.0 Å². The molecule has 1 aromatic heterocycles. The molecule has 0 bridgehead atoms. The van der Waals surface area contributed by atoms with Crippen molar-refractivity contribution >= 4 is 22.4 Å². The van der Waals surface area contributed by atoms with Crippen LogP contribution in [0.3, 0.4) is 0 Å². The van der Waals surface area contributed by atoms with Gasteiger partial charge in [0.25, 0.3) is 10.0 Å². The Morgan fingerprint density at radius 1 is 1.59 bits per heavy atom. The lowest BCUT2D eigenvalue weighted by Gasteiger charge is -2.09. The van der Waals surface area contributed by atoms with E-state index < -0.39 is 10.0 Å². The van der Waals surface area contributed by atoms with Crippen molar-refractivity contribution in [3.8, 4) is 0 Å². The highest BCUT2D eigenvalue weighted by molar-refractivity contribution is 7.89. The summed E-state index contributed by atoms with van der Waals surface area (Å²) < 4.78 is 27.6. The maximum absolute atomic E-state index is 11.8. The Balaban J connectivity index is 0.00000256. The molecule has 0 spiro atoms. The third-order valence-corrected chi connectivity index (χ3v) is 3.63. The van der Waals surface area contributed by atoms with Gasteiger partial charge in [0.15, 0.2) is 5.03 Å². The molecule has 1 heterocycles. The van der Waals surface area contributed by atoms with Crippen LogP contribution in [0.2, 0.25) is 0 Å². The zero-order valence-electron chi connectivity index (χ0n) is 9.96. The first-order valence-corrected chi connectivity index (χ1v) is 6.72. The molecule has 100 valence electrons. The van der Waals surface area contributed by atoms with Crippen molar-refractivity contribution in [2.24, 2.45) is 5.73 Å².